The van der Waals surface area contributed by atoms with E-state index in [-0.39, 0.29) is 35.7 Å². The van der Waals surface area contributed by atoms with Gasteiger partial charge in [0.15, 0.2) is 0 Å². The number of nitrogens with zero attached hydrogens (tertiary/aromatic N) is 3. The fraction of sp³-hybridized carbons (Fsp3) is 0.867. The minimum Gasteiger partial charge on any atom is -0.345 e. The van der Waals surface area contributed by atoms with Gasteiger partial charge < -0.3 is 20.4 Å². The largest absolute Gasteiger partial charge is 0.345 e. The first kappa shape index (κ1) is 21.0. The zero-order valence-electron chi connectivity index (χ0n) is 14.5. The Hall–Kier alpha value is -1.01. The molecule has 7 heteroatoms. The van der Waals surface area contributed by atoms with Crippen LogP contribution in [-0.2, 0) is 4.79 Å². The number of likely N-dealkylation sites (tertiary alicyclic amines) is 1. The lowest BCUT2D eigenvalue weighted by Crippen LogP contribution is -2.48. The Morgan fingerprint density at radius 3 is 2.09 bits per heavy atom. The minimum absolute atomic E-state index is 0. The molecule has 0 aliphatic carbocycles. The Kier molecular flexibility index (Phi) is 8.18. The number of hydrogen-bond acceptors (Lipinski definition) is 3. The Labute approximate surface area is 140 Å². The summed E-state index contributed by atoms with van der Waals surface area (Å²) in [5.41, 5.74) is 5.66. The predicted octanol–water partition coefficient (Wildman–Crippen LogP) is 1.25. The molecule has 1 aliphatic rings. The van der Waals surface area contributed by atoms with Gasteiger partial charge in [-0.3, -0.25) is 4.79 Å². The monoisotopic (exact) mass is 334 g/mol. The van der Waals surface area contributed by atoms with E-state index >= 15 is 0 Å². The SMILES string of the molecule is CN(C)C(=O)N1CCC(C(=O)N(C)CC(C)(C)CN)CC1.Cl. The summed E-state index contributed by atoms with van der Waals surface area (Å²) in [6.45, 7) is 6.66. The summed E-state index contributed by atoms with van der Waals surface area (Å²) in [4.78, 5) is 29.5. The van der Waals surface area contributed by atoms with E-state index in [2.05, 4.69) is 13.8 Å². The fourth-order valence-corrected chi connectivity index (χ4v) is 2.70. The van der Waals surface area contributed by atoms with Crippen LogP contribution in [0.3, 0.4) is 0 Å². The van der Waals surface area contributed by atoms with Gasteiger partial charge in [0.25, 0.3) is 0 Å². The van der Waals surface area contributed by atoms with Crippen LogP contribution in [0.1, 0.15) is 26.7 Å². The van der Waals surface area contributed by atoms with Gasteiger partial charge in [-0.15, -0.1) is 12.4 Å². The van der Waals surface area contributed by atoms with Crippen LogP contribution in [-0.4, -0.2) is 74.0 Å². The number of piperidine rings is 1. The molecular weight excluding hydrogens is 304 g/mol. The van der Waals surface area contributed by atoms with Crippen molar-refractivity contribution < 1.29 is 9.59 Å². The van der Waals surface area contributed by atoms with Crippen molar-refractivity contribution in [1.29, 1.82) is 0 Å². The predicted molar refractivity (Wildman–Crippen MR) is 91.1 cm³/mol. The molecule has 1 saturated heterocycles. The summed E-state index contributed by atoms with van der Waals surface area (Å²) >= 11 is 0. The maximum Gasteiger partial charge on any atom is 0.319 e. The molecule has 0 atom stereocenters. The number of carbonyl (C=O) groups is 2. The molecule has 1 heterocycles. The van der Waals surface area contributed by atoms with Crippen molar-refractivity contribution in [1.82, 2.24) is 14.7 Å². The molecule has 1 aliphatic heterocycles. The van der Waals surface area contributed by atoms with Crippen LogP contribution in [0.5, 0.6) is 0 Å². The smallest absolute Gasteiger partial charge is 0.319 e. The van der Waals surface area contributed by atoms with Crippen molar-refractivity contribution in [3.8, 4) is 0 Å². The zero-order valence-corrected chi connectivity index (χ0v) is 15.3. The number of urea groups is 1. The summed E-state index contributed by atoms with van der Waals surface area (Å²) in [5.74, 6) is 0.197. The van der Waals surface area contributed by atoms with Crippen LogP contribution in [0.4, 0.5) is 4.79 Å². The molecule has 6 nitrogen and oxygen atoms in total. The number of amides is 3. The molecule has 0 spiro atoms. The second-order valence-corrected chi connectivity index (χ2v) is 7.00. The highest BCUT2D eigenvalue weighted by atomic mass is 35.5. The van der Waals surface area contributed by atoms with Crippen molar-refractivity contribution in [2.75, 3.05) is 47.3 Å². The highest BCUT2D eigenvalue weighted by molar-refractivity contribution is 5.85. The van der Waals surface area contributed by atoms with Gasteiger partial charge in [-0.2, -0.15) is 0 Å². The first-order valence-corrected chi connectivity index (χ1v) is 7.59. The van der Waals surface area contributed by atoms with Crippen LogP contribution < -0.4 is 5.73 Å². The zero-order chi connectivity index (χ0) is 16.2. The minimum atomic E-state index is -0.0635. The molecule has 0 radical (unpaired) electrons. The first-order chi connectivity index (χ1) is 9.68. The van der Waals surface area contributed by atoms with Crippen LogP contribution in [0.25, 0.3) is 0 Å². The van der Waals surface area contributed by atoms with Gasteiger partial charge in [-0.25, -0.2) is 4.79 Å². The number of carbonyl (C=O) groups excluding carboxylic acids is 2. The van der Waals surface area contributed by atoms with Gasteiger partial charge in [0.2, 0.25) is 5.91 Å². The van der Waals surface area contributed by atoms with Gasteiger partial charge >= 0.3 is 6.03 Å². The van der Waals surface area contributed by atoms with E-state index in [1.165, 1.54) is 0 Å². The van der Waals surface area contributed by atoms with Crippen LogP contribution in [0.2, 0.25) is 0 Å². The third kappa shape index (κ3) is 5.65. The topological polar surface area (TPSA) is 69.9 Å². The molecule has 0 saturated carbocycles. The number of rotatable bonds is 4. The maximum absolute atomic E-state index is 12.5. The highest BCUT2D eigenvalue weighted by Gasteiger charge is 2.31. The van der Waals surface area contributed by atoms with E-state index in [4.69, 9.17) is 5.73 Å². The van der Waals surface area contributed by atoms with Gasteiger partial charge in [0, 0.05) is 46.7 Å². The summed E-state index contributed by atoms with van der Waals surface area (Å²) < 4.78 is 0. The molecule has 0 aromatic rings. The van der Waals surface area contributed by atoms with E-state index in [1.54, 1.807) is 23.9 Å². The Morgan fingerprint density at radius 1 is 1.18 bits per heavy atom. The van der Waals surface area contributed by atoms with Gasteiger partial charge in [-0.05, 0) is 24.8 Å². The number of nitrogens with two attached hydrogens (primary N) is 1. The average molecular weight is 335 g/mol. The quantitative estimate of drug-likeness (QED) is 0.841. The molecule has 0 aromatic carbocycles. The fourth-order valence-electron chi connectivity index (χ4n) is 2.70. The molecule has 0 bridgehead atoms. The lowest BCUT2D eigenvalue weighted by atomic mass is 9.91. The Bertz CT molecular complexity index is 380. The normalized spacial score (nSPS) is 16.0. The van der Waals surface area contributed by atoms with Crippen molar-refractivity contribution in [3.05, 3.63) is 0 Å². The molecule has 130 valence electrons. The second-order valence-electron chi connectivity index (χ2n) is 7.00. The van der Waals surface area contributed by atoms with Crippen molar-refractivity contribution >= 4 is 24.3 Å². The number of halogens is 1. The molecule has 1 fully saturated rings. The van der Waals surface area contributed by atoms with Crippen molar-refractivity contribution in [2.45, 2.75) is 26.7 Å². The van der Waals surface area contributed by atoms with E-state index in [0.29, 0.717) is 26.2 Å². The van der Waals surface area contributed by atoms with E-state index in [0.717, 1.165) is 12.8 Å². The standard InChI is InChI=1S/C15H30N4O2.ClH/c1-15(2,10-16)11-18(5)13(20)12-6-8-19(9-7-12)14(21)17(3)4;/h12H,6-11,16H2,1-5H3;1H. The van der Waals surface area contributed by atoms with Crippen molar-refractivity contribution in [3.63, 3.8) is 0 Å². The van der Waals surface area contributed by atoms with Gasteiger partial charge in [0.1, 0.15) is 0 Å². The second kappa shape index (κ2) is 8.58. The lowest BCUT2D eigenvalue weighted by Gasteiger charge is -2.36. The van der Waals surface area contributed by atoms with Crippen LogP contribution in [0.15, 0.2) is 0 Å². The Morgan fingerprint density at radius 2 is 1.68 bits per heavy atom. The molecule has 3 amide bonds. The molecule has 0 aromatic heterocycles. The van der Waals surface area contributed by atoms with E-state index in [1.807, 2.05) is 11.9 Å². The summed E-state index contributed by atoms with van der Waals surface area (Å²) in [6, 6.07) is 0.0264. The van der Waals surface area contributed by atoms with Gasteiger partial charge in [-0.1, -0.05) is 13.8 Å². The summed E-state index contributed by atoms with van der Waals surface area (Å²) in [6.07, 6.45) is 1.48. The van der Waals surface area contributed by atoms with E-state index in [9.17, 15) is 9.59 Å². The summed E-state index contributed by atoms with van der Waals surface area (Å²) in [5, 5.41) is 0. The van der Waals surface area contributed by atoms with E-state index < -0.39 is 0 Å². The molecular formula is C15H31ClN4O2. The first-order valence-electron chi connectivity index (χ1n) is 7.59. The Balaban J connectivity index is 0.00000441. The van der Waals surface area contributed by atoms with Crippen molar-refractivity contribution in [2.24, 2.45) is 17.1 Å². The summed E-state index contributed by atoms with van der Waals surface area (Å²) in [7, 11) is 5.35. The molecule has 2 N–H and O–H groups in total. The third-order valence-electron chi connectivity index (χ3n) is 4.09. The van der Waals surface area contributed by atoms with Crippen LogP contribution >= 0.6 is 12.4 Å². The molecule has 22 heavy (non-hydrogen) atoms. The number of hydrogen-bond donors (Lipinski definition) is 1. The molecule has 1 rings (SSSR count). The highest BCUT2D eigenvalue weighted by Crippen LogP contribution is 2.22. The van der Waals surface area contributed by atoms with Crippen LogP contribution in [0, 0.1) is 11.3 Å². The van der Waals surface area contributed by atoms with Gasteiger partial charge in [0.05, 0.1) is 0 Å². The third-order valence-corrected chi connectivity index (χ3v) is 4.09. The average Bonchev–Trinajstić information content (AvgIpc) is 2.45. The maximum atomic E-state index is 12.5. The lowest BCUT2D eigenvalue weighted by molar-refractivity contribution is -0.136. The molecule has 0 unspecified atom stereocenters.